The summed E-state index contributed by atoms with van der Waals surface area (Å²) in [5.74, 6) is -0.156. The van der Waals surface area contributed by atoms with Gasteiger partial charge in [-0.25, -0.2) is 0 Å². The highest BCUT2D eigenvalue weighted by Crippen LogP contribution is 2.34. The maximum atomic E-state index is 12.9. The van der Waals surface area contributed by atoms with Crippen molar-refractivity contribution in [3.63, 3.8) is 0 Å². The first kappa shape index (κ1) is 36.1. The third kappa shape index (κ3) is 15.6. The van der Waals surface area contributed by atoms with Crippen LogP contribution in [-0.2, 0) is 11.0 Å². The van der Waals surface area contributed by atoms with Crippen molar-refractivity contribution >= 4 is 17.3 Å². The van der Waals surface area contributed by atoms with Crippen LogP contribution in [0.4, 0.5) is 18.9 Å². The minimum absolute atomic E-state index is 0.0853. The van der Waals surface area contributed by atoms with E-state index in [1.165, 1.54) is 18.7 Å². The summed E-state index contributed by atoms with van der Waals surface area (Å²) in [6.45, 7) is 21.3. The molecule has 0 aliphatic rings. The molecule has 0 heterocycles. The summed E-state index contributed by atoms with van der Waals surface area (Å²) in [6, 6.07) is 3.40. The lowest BCUT2D eigenvalue weighted by atomic mass is 10.1. The van der Waals surface area contributed by atoms with E-state index in [-0.39, 0.29) is 29.9 Å². The van der Waals surface area contributed by atoms with Crippen LogP contribution >= 0.6 is 0 Å². The van der Waals surface area contributed by atoms with Crippen molar-refractivity contribution in [2.24, 2.45) is 4.99 Å². The van der Waals surface area contributed by atoms with E-state index in [4.69, 9.17) is 4.74 Å². The van der Waals surface area contributed by atoms with Crippen molar-refractivity contribution in [3.8, 4) is 5.75 Å². The molecule has 1 aromatic rings. The zero-order valence-electron chi connectivity index (χ0n) is 23.8. The number of hydrogen-bond donors (Lipinski definition) is 2. The van der Waals surface area contributed by atoms with Gasteiger partial charge in [0.05, 0.1) is 19.2 Å². The van der Waals surface area contributed by atoms with Gasteiger partial charge in [0.1, 0.15) is 5.75 Å². The second-order valence-electron chi connectivity index (χ2n) is 8.13. The fourth-order valence-corrected chi connectivity index (χ4v) is 3.19. The Labute approximate surface area is 222 Å². The Morgan fingerprint density at radius 1 is 1.14 bits per heavy atom. The summed E-state index contributed by atoms with van der Waals surface area (Å²) in [6.07, 6.45) is 2.69. The molecule has 37 heavy (non-hydrogen) atoms. The number of nitrogens with zero attached hydrogens (tertiary/aromatic N) is 1. The summed E-state index contributed by atoms with van der Waals surface area (Å²) >= 11 is 0. The maximum absolute atomic E-state index is 12.9. The molecule has 0 radical (unpaired) electrons. The highest BCUT2D eigenvalue weighted by Gasteiger charge is 2.31. The number of benzene rings is 1. The van der Waals surface area contributed by atoms with Crippen LogP contribution in [0.5, 0.6) is 5.75 Å². The number of rotatable bonds is 12. The molecule has 0 aromatic heterocycles. The van der Waals surface area contributed by atoms with Crippen LogP contribution in [0, 0.1) is 0 Å². The molecule has 0 fully saturated rings. The van der Waals surface area contributed by atoms with Crippen molar-refractivity contribution in [1.29, 1.82) is 0 Å². The second kappa shape index (κ2) is 20.1. The van der Waals surface area contributed by atoms with Gasteiger partial charge < -0.3 is 15.4 Å². The predicted molar refractivity (Wildman–Crippen MR) is 151 cm³/mol. The summed E-state index contributed by atoms with van der Waals surface area (Å²) in [5, 5.41) is 5.62. The monoisotopic (exact) mass is 525 g/mol. The number of amides is 1. The molecule has 0 aliphatic heterocycles. The van der Waals surface area contributed by atoms with Gasteiger partial charge in [-0.1, -0.05) is 65.3 Å². The van der Waals surface area contributed by atoms with Gasteiger partial charge in [0.25, 0.3) is 0 Å². The van der Waals surface area contributed by atoms with Crippen molar-refractivity contribution < 1.29 is 22.7 Å². The number of alkyl halides is 3. The Bertz CT molecular complexity index is 887. The lowest BCUT2D eigenvalue weighted by Gasteiger charge is -2.17. The number of aliphatic imine (C=N–C) groups is 1. The van der Waals surface area contributed by atoms with Crippen molar-refractivity contribution in [1.82, 2.24) is 5.32 Å². The molecule has 8 heteroatoms. The Morgan fingerprint density at radius 2 is 1.76 bits per heavy atom. The third-order valence-corrected chi connectivity index (χ3v) is 5.10. The van der Waals surface area contributed by atoms with Crippen molar-refractivity contribution in [2.45, 2.75) is 86.4 Å². The fourth-order valence-electron chi connectivity index (χ4n) is 3.19. The number of methoxy groups -OCH3 is 1. The van der Waals surface area contributed by atoms with Crippen LogP contribution in [-0.4, -0.2) is 31.3 Å². The van der Waals surface area contributed by atoms with Crippen LogP contribution in [0.25, 0.3) is 0 Å². The summed E-state index contributed by atoms with van der Waals surface area (Å²) in [7, 11) is 1.30. The SMILES string of the molecule is C=CN=C(C)C(C=C)=C(C)C.CC.CCCC[C@H](CC)NC(=O)CNc1cc(OC)cc(C(F)(F)F)c1. The molecule has 1 atom stereocenters. The van der Waals surface area contributed by atoms with Crippen LogP contribution in [0.3, 0.4) is 0 Å². The molecule has 1 aromatic carbocycles. The number of allylic oxidation sites excluding steroid dienone is 3. The van der Waals surface area contributed by atoms with Crippen LogP contribution in [0.15, 0.2) is 59.8 Å². The van der Waals surface area contributed by atoms with E-state index in [9.17, 15) is 18.0 Å². The Hall–Kier alpha value is -3.03. The van der Waals surface area contributed by atoms with Crippen LogP contribution in [0.1, 0.15) is 79.7 Å². The average molecular weight is 526 g/mol. The topological polar surface area (TPSA) is 62.7 Å². The molecule has 0 saturated heterocycles. The highest BCUT2D eigenvalue weighted by atomic mass is 19.4. The van der Waals surface area contributed by atoms with Crippen LogP contribution < -0.4 is 15.4 Å². The smallest absolute Gasteiger partial charge is 0.416 e. The molecular weight excluding hydrogens is 479 g/mol. The van der Waals surface area contributed by atoms with Gasteiger partial charge in [0.2, 0.25) is 5.91 Å². The first-order valence-electron chi connectivity index (χ1n) is 12.7. The van der Waals surface area contributed by atoms with E-state index in [1.807, 2.05) is 47.6 Å². The lowest BCUT2D eigenvalue weighted by Crippen LogP contribution is -2.38. The van der Waals surface area contributed by atoms with E-state index < -0.39 is 11.7 Å². The average Bonchev–Trinajstić information content (AvgIpc) is 2.86. The number of halogens is 3. The van der Waals surface area contributed by atoms with Crippen molar-refractivity contribution in [3.05, 3.63) is 60.3 Å². The number of unbranched alkanes of at least 4 members (excludes halogenated alkanes) is 1. The lowest BCUT2D eigenvalue weighted by molar-refractivity contribution is -0.137. The molecule has 1 amide bonds. The van der Waals surface area contributed by atoms with E-state index >= 15 is 0 Å². The van der Waals surface area contributed by atoms with Crippen LogP contribution in [0.2, 0.25) is 0 Å². The predicted octanol–water partition coefficient (Wildman–Crippen LogP) is 8.35. The normalized spacial score (nSPS) is 11.5. The number of hydrogen-bond acceptors (Lipinski definition) is 4. The minimum Gasteiger partial charge on any atom is -0.497 e. The zero-order valence-corrected chi connectivity index (χ0v) is 23.8. The molecule has 0 bridgehead atoms. The molecule has 0 aliphatic carbocycles. The van der Waals surface area contributed by atoms with Gasteiger partial charge in [-0.3, -0.25) is 9.79 Å². The van der Waals surface area contributed by atoms with E-state index in [1.54, 1.807) is 6.20 Å². The maximum Gasteiger partial charge on any atom is 0.416 e. The number of carbonyl (C=O) groups is 1. The van der Waals surface area contributed by atoms with E-state index in [2.05, 4.69) is 35.7 Å². The van der Waals surface area contributed by atoms with Gasteiger partial charge in [-0.2, -0.15) is 13.2 Å². The molecule has 1 rings (SSSR count). The minimum atomic E-state index is -4.47. The van der Waals surface area contributed by atoms with Gasteiger partial charge in [0.15, 0.2) is 0 Å². The molecular formula is C29H46F3N3O2. The number of anilines is 1. The van der Waals surface area contributed by atoms with Gasteiger partial charge in [0, 0.05) is 29.7 Å². The zero-order chi connectivity index (χ0) is 29.0. The Morgan fingerprint density at radius 3 is 2.19 bits per heavy atom. The Balaban J connectivity index is 0. The molecule has 5 nitrogen and oxygen atoms in total. The molecule has 0 unspecified atom stereocenters. The number of ether oxygens (including phenoxy) is 1. The van der Waals surface area contributed by atoms with Gasteiger partial charge >= 0.3 is 6.18 Å². The molecule has 0 saturated carbocycles. The summed E-state index contributed by atoms with van der Waals surface area (Å²) in [5.41, 5.74) is 2.67. The molecule has 2 N–H and O–H groups in total. The van der Waals surface area contributed by atoms with Gasteiger partial charge in [-0.05, 0) is 51.3 Å². The Kier molecular flexibility index (Phi) is 19.6. The third-order valence-electron chi connectivity index (χ3n) is 5.10. The van der Waals surface area contributed by atoms with E-state index in [0.717, 1.165) is 49.1 Å². The standard InChI is InChI=1S/C17H25F3N2O2.C10H15N.C2H6/c1-4-6-7-13(5-2)22-16(23)11-21-14-8-12(17(18,19)20)9-15(10-14)24-3;1-6-10(8(3)4)9(5)11-7-2;1-2/h8-10,13,21H,4-7,11H2,1-3H3,(H,22,23);6-7H,1-2H2,3-5H3;1-2H3/t13-;;/m0../s1. The first-order valence-corrected chi connectivity index (χ1v) is 12.7. The first-order chi connectivity index (χ1) is 17.4. The molecule has 210 valence electrons. The molecule has 0 spiro atoms. The number of nitrogens with one attached hydrogen (secondary N) is 2. The fraction of sp³-hybridized carbons (Fsp3) is 0.517. The van der Waals surface area contributed by atoms with Gasteiger partial charge in [-0.15, -0.1) is 0 Å². The number of carbonyl (C=O) groups excluding carboxylic acids is 1. The quantitative estimate of drug-likeness (QED) is 0.213. The summed E-state index contributed by atoms with van der Waals surface area (Å²) < 4.78 is 43.5. The largest absolute Gasteiger partial charge is 0.497 e. The highest BCUT2D eigenvalue weighted by molar-refractivity contribution is 6.01. The second-order valence-corrected chi connectivity index (χ2v) is 8.13. The van der Waals surface area contributed by atoms with Crippen molar-refractivity contribution in [2.75, 3.05) is 19.0 Å². The van der Waals surface area contributed by atoms with E-state index in [0.29, 0.717) is 0 Å². The summed E-state index contributed by atoms with van der Waals surface area (Å²) in [4.78, 5) is 16.0.